The van der Waals surface area contributed by atoms with Crippen molar-refractivity contribution < 1.29 is 9.53 Å². The molecular formula is C17H23N3O2S. The first kappa shape index (κ1) is 16.2. The third kappa shape index (κ3) is 4.20. The van der Waals surface area contributed by atoms with E-state index in [1.165, 1.54) is 19.3 Å². The van der Waals surface area contributed by atoms with Crippen LogP contribution in [0.5, 0.6) is 0 Å². The lowest BCUT2D eigenvalue weighted by Crippen LogP contribution is -2.32. The summed E-state index contributed by atoms with van der Waals surface area (Å²) in [5.74, 6) is 0.462. The molecule has 1 aliphatic carbocycles. The van der Waals surface area contributed by atoms with Crippen molar-refractivity contribution in [2.45, 2.75) is 38.7 Å². The molecule has 1 fully saturated rings. The van der Waals surface area contributed by atoms with E-state index in [0.29, 0.717) is 30.9 Å². The van der Waals surface area contributed by atoms with Gasteiger partial charge in [-0.2, -0.15) is 5.10 Å². The Bertz CT molecular complexity index is 624. The number of hydrogen-bond donors (Lipinski definition) is 2. The maximum atomic E-state index is 12.1. The summed E-state index contributed by atoms with van der Waals surface area (Å²) in [5, 5.41) is 11.9. The van der Waals surface area contributed by atoms with Crippen LogP contribution in [0.15, 0.2) is 23.6 Å². The van der Waals surface area contributed by atoms with Crippen LogP contribution in [-0.4, -0.2) is 35.4 Å². The number of thiophene rings is 1. The summed E-state index contributed by atoms with van der Waals surface area (Å²) in [5.41, 5.74) is 1.29. The van der Waals surface area contributed by atoms with Gasteiger partial charge in [-0.15, -0.1) is 11.3 Å². The molecule has 6 heteroatoms. The molecule has 2 aromatic rings. The van der Waals surface area contributed by atoms with Gasteiger partial charge in [0, 0.05) is 6.54 Å². The lowest BCUT2D eigenvalue weighted by molar-refractivity contribution is -0.00295. The molecule has 23 heavy (non-hydrogen) atoms. The molecule has 2 unspecified atom stereocenters. The van der Waals surface area contributed by atoms with Gasteiger partial charge in [0.15, 0.2) is 5.69 Å². The Kier molecular flexibility index (Phi) is 5.46. The normalized spacial score (nSPS) is 21.3. The van der Waals surface area contributed by atoms with Gasteiger partial charge in [-0.1, -0.05) is 25.8 Å². The number of carbonyl (C=O) groups excluding carboxylic acids is 1. The Balaban J connectivity index is 1.43. The zero-order chi connectivity index (χ0) is 16.1. The fourth-order valence-corrected chi connectivity index (χ4v) is 3.68. The molecule has 2 heterocycles. The van der Waals surface area contributed by atoms with Crippen molar-refractivity contribution in [1.29, 1.82) is 0 Å². The molecular weight excluding hydrogens is 310 g/mol. The number of nitrogens with zero attached hydrogens (tertiary/aromatic N) is 1. The van der Waals surface area contributed by atoms with Crippen LogP contribution in [0, 0.1) is 5.92 Å². The second-order valence-corrected chi connectivity index (χ2v) is 7.02. The molecule has 5 nitrogen and oxygen atoms in total. The van der Waals surface area contributed by atoms with Gasteiger partial charge in [0.05, 0.1) is 23.3 Å². The predicted molar refractivity (Wildman–Crippen MR) is 91.6 cm³/mol. The molecule has 3 rings (SSSR count). The third-order valence-electron chi connectivity index (χ3n) is 4.35. The van der Waals surface area contributed by atoms with E-state index in [4.69, 9.17) is 4.74 Å². The Morgan fingerprint density at radius 1 is 1.48 bits per heavy atom. The zero-order valence-corrected chi connectivity index (χ0v) is 14.2. The summed E-state index contributed by atoms with van der Waals surface area (Å²) in [4.78, 5) is 13.2. The van der Waals surface area contributed by atoms with Crippen LogP contribution in [0.2, 0.25) is 0 Å². The van der Waals surface area contributed by atoms with Crippen LogP contribution in [0.1, 0.15) is 43.1 Å². The first-order valence-electron chi connectivity index (χ1n) is 8.23. The van der Waals surface area contributed by atoms with Gasteiger partial charge in [0.1, 0.15) is 0 Å². The molecule has 2 aromatic heterocycles. The number of H-pyrrole nitrogens is 1. The van der Waals surface area contributed by atoms with Crippen molar-refractivity contribution in [2.24, 2.45) is 5.92 Å². The quantitative estimate of drug-likeness (QED) is 0.796. The molecule has 1 aliphatic rings. The lowest BCUT2D eigenvalue weighted by atomic mass is 9.88. The molecule has 0 saturated heterocycles. The van der Waals surface area contributed by atoms with Crippen molar-refractivity contribution in [3.05, 3.63) is 29.3 Å². The number of nitrogens with one attached hydrogen (secondary N) is 2. The van der Waals surface area contributed by atoms with Crippen LogP contribution in [0.3, 0.4) is 0 Å². The van der Waals surface area contributed by atoms with Gasteiger partial charge in [-0.3, -0.25) is 9.89 Å². The van der Waals surface area contributed by atoms with Crippen LogP contribution in [0.25, 0.3) is 10.6 Å². The zero-order valence-electron chi connectivity index (χ0n) is 13.4. The number of amides is 1. The summed E-state index contributed by atoms with van der Waals surface area (Å²) in [6.07, 6.45) is 5.29. The summed E-state index contributed by atoms with van der Waals surface area (Å²) >= 11 is 1.62. The van der Waals surface area contributed by atoms with Gasteiger partial charge < -0.3 is 10.1 Å². The molecule has 0 spiro atoms. The molecule has 0 bridgehead atoms. The first-order chi connectivity index (χ1) is 11.2. The Hall–Kier alpha value is -1.66. The van der Waals surface area contributed by atoms with E-state index in [1.807, 2.05) is 17.5 Å². The van der Waals surface area contributed by atoms with E-state index < -0.39 is 0 Å². The van der Waals surface area contributed by atoms with Crippen molar-refractivity contribution in [3.8, 4) is 10.6 Å². The average molecular weight is 333 g/mol. The first-order valence-corrected chi connectivity index (χ1v) is 9.11. The lowest BCUT2D eigenvalue weighted by Gasteiger charge is -2.28. The largest absolute Gasteiger partial charge is 0.376 e. The molecule has 124 valence electrons. The van der Waals surface area contributed by atoms with Crippen LogP contribution in [-0.2, 0) is 4.74 Å². The SMILES string of the molecule is CC1CCCCC1OCCNC(=O)c1cc(-c2cccs2)[nH]n1. The number of aromatic amines is 1. The minimum atomic E-state index is -0.163. The number of ether oxygens (including phenoxy) is 1. The highest BCUT2D eigenvalue weighted by Gasteiger charge is 2.21. The third-order valence-corrected chi connectivity index (χ3v) is 5.25. The second-order valence-electron chi connectivity index (χ2n) is 6.07. The van der Waals surface area contributed by atoms with Gasteiger partial charge in [0.2, 0.25) is 0 Å². The summed E-state index contributed by atoms with van der Waals surface area (Å²) in [6, 6.07) is 5.76. The summed E-state index contributed by atoms with van der Waals surface area (Å²) in [7, 11) is 0. The molecule has 0 radical (unpaired) electrons. The van der Waals surface area contributed by atoms with Gasteiger partial charge >= 0.3 is 0 Å². The van der Waals surface area contributed by atoms with E-state index in [-0.39, 0.29) is 5.91 Å². The van der Waals surface area contributed by atoms with Crippen molar-refractivity contribution >= 4 is 17.2 Å². The van der Waals surface area contributed by atoms with E-state index >= 15 is 0 Å². The van der Waals surface area contributed by atoms with Crippen LogP contribution >= 0.6 is 11.3 Å². The van der Waals surface area contributed by atoms with Gasteiger partial charge in [-0.05, 0) is 36.3 Å². The highest BCUT2D eigenvalue weighted by Crippen LogP contribution is 2.26. The van der Waals surface area contributed by atoms with Gasteiger partial charge in [0.25, 0.3) is 5.91 Å². The molecule has 1 saturated carbocycles. The van der Waals surface area contributed by atoms with E-state index in [0.717, 1.165) is 17.0 Å². The van der Waals surface area contributed by atoms with E-state index in [1.54, 1.807) is 17.4 Å². The van der Waals surface area contributed by atoms with E-state index in [2.05, 4.69) is 22.4 Å². The van der Waals surface area contributed by atoms with Gasteiger partial charge in [-0.25, -0.2) is 0 Å². The Labute approximate surface area is 140 Å². The minimum absolute atomic E-state index is 0.163. The molecule has 0 aromatic carbocycles. The fraction of sp³-hybridized carbons (Fsp3) is 0.529. The standard InChI is InChI=1S/C17H23N3O2S/c1-12-5-2-3-6-15(12)22-9-8-18-17(21)14-11-13(19-20-14)16-7-4-10-23-16/h4,7,10-12,15H,2-3,5-6,8-9H2,1H3,(H,18,21)(H,19,20). The maximum Gasteiger partial charge on any atom is 0.271 e. The Morgan fingerprint density at radius 2 is 2.35 bits per heavy atom. The summed E-state index contributed by atoms with van der Waals surface area (Å²) < 4.78 is 5.90. The van der Waals surface area contributed by atoms with Crippen molar-refractivity contribution in [3.63, 3.8) is 0 Å². The van der Waals surface area contributed by atoms with Crippen LogP contribution < -0.4 is 5.32 Å². The number of hydrogen-bond acceptors (Lipinski definition) is 4. The summed E-state index contributed by atoms with van der Waals surface area (Å²) in [6.45, 7) is 3.32. The predicted octanol–water partition coefficient (Wildman–Crippen LogP) is 3.46. The highest BCUT2D eigenvalue weighted by molar-refractivity contribution is 7.13. The Morgan fingerprint density at radius 3 is 3.13 bits per heavy atom. The molecule has 2 N–H and O–H groups in total. The highest BCUT2D eigenvalue weighted by atomic mass is 32.1. The molecule has 1 amide bonds. The second kappa shape index (κ2) is 7.75. The van der Waals surface area contributed by atoms with Crippen molar-refractivity contribution in [1.82, 2.24) is 15.5 Å². The molecule has 0 aliphatic heterocycles. The van der Waals surface area contributed by atoms with E-state index in [9.17, 15) is 4.79 Å². The topological polar surface area (TPSA) is 67.0 Å². The fourth-order valence-electron chi connectivity index (χ4n) is 2.99. The van der Waals surface area contributed by atoms with Crippen LogP contribution in [0.4, 0.5) is 0 Å². The average Bonchev–Trinajstić information content (AvgIpc) is 3.23. The molecule has 2 atom stereocenters. The van der Waals surface area contributed by atoms with Crippen molar-refractivity contribution in [2.75, 3.05) is 13.2 Å². The number of aromatic nitrogens is 2. The number of carbonyl (C=O) groups is 1. The number of rotatable bonds is 6. The minimum Gasteiger partial charge on any atom is -0.376 e. The monoisotopic (exact) mass is 333 g/mol. The smallest absolute Gasteiger partial charge is 0.271 e. The maximum absolute atomic E-state index is 12.1.